The third-order valence-corrected chi connectivity index (χ3v) is 3.58. The van der Waals surface area contributed by atoms with Crippen LogP contribution in [0, 0.1) is 10.1 Å². The summed E-state index contributed by atoms with van der Waals surface area (Å²) in [5.41, 5.74) is -0.518. The van der Waals surface area contributed by atoms with Gasteiger partial charge in [0.1, 0.15) is 16.2 Å². The van der Waals surface area contributed by atoms with Crippen molar-refractivity contribution >= 4 is 34.5 Å². The van der Waals surface area contributed by atoms with Gasteiger partial charge in [0, 0.05) is 24.1 Å². The molecule has 1 amide bonds. The quantitative estimate of drug-likeness (QED) is 0.580. The average Bonchev–Trinajstić information content (AvgIpc) is 2.57. The van der Waals surface area contributed by atoms with Gasteiger partial charge in [0.25, 0.3) is 17.2 Å². The smallest absolute Gasteiger partial charge is 0.289 e. The second-order valence-corrected chi connectivity index (χ2v) is 5.19. The van der Waals surface area contributed by atoms with Crippen molar-refractivity contribution in [3.05, 3.63) is 79.8 Å². The summed E-state index contributed by atoms with van der Waals surface area (Å²) in [6.45, 7) is 0. The summed E-state index contributed by atoms with van der Waals surface area (Å²) in [5, 5.41) is 13.3. The van der Waals surface area contributed by atoms with Gasteiger partial charge in [-0.05, 0) is 24.3 Å². The molecule has 0 fully saturated rings. The second kappa shape index (κ2) is 6.09. The number of aromatic nitrogens is 2. The van der Waals surface area contributed by atoms with Crippen LogP contribution in [-0.2, 0) is 0 Å². The van der Waals surface area contributed by atoms with Gasteiger partial charge in [-0.25, -0.2) is 4.98 Å². The first-order chi connectivity index (χ1) is 11.5. The third-order valence-electron chi connectivity index (χ3n) is 3.26. The Morgan fingerprint density at radius 1 is 1.29 bits per heavy atom. The first-order valence-corrected chi connectivity index (χ1v) is 7.07. The normalized spacial score (nSPS) is 10.5. The van der Waals surface area contributed by atoms with Crippen LogP contribution in [0.15, 0.2) is 53.6 Å². The molecule has 0 unspecified atom stereocenters. The topological polar surface area (TPSA) is 107 Å². The lowest BCUT2D eigenvalue weighted by molar-refractivity contribution is -0.384. The minimum Gasteiger partial charge on any atom is -0.322 e. The van der Waals surface area contributed by atoms with Gasteiger partial charge < -0.3 is 5.32 Å². The third kappa shape index (κ3) is 2.82. The number of hydrogen-bond donors (Lipinski definition) is 1. The zero-order valence-electron chi connectivity index (χ0n) is 12.0. The Morgan fingerprint density at radius 3 is 2.83 bits per heavy atom. The van der Waals surface area contributed by atoms with E-state index in [4.69, 9.17) is 11.6 Å². The Hall–Kier alpha value is -3.26. The molecule has 9 heteroatoms. The molecule has 3 rings (SSSR count). The Labute approximate surface area is 139 Å². The zero-order chi connectivity index (χ0) is 17.3. The molecular formula is C15H9ClN4O4. The Bertz CT molecular complexity index is 1030. The lowest BCUT2D eigenvalue weighted by atomic mass is 10.2. The van der Waals surface area contributed by atoms with E-state index in [1.807, 2.05) is 0 Å². The number of nitrogens with zero attached hydrogens (tertiary/aromatic N) is 3. The van der Waals surface area contributed by atoms with Gasteiger partial charge in [-0.1, -0.05) is 17.7 Å². The molecule has 1 N–H and O–H groups in total. The van der Waals surface area contributed by atoms with E-state index in [1.165, 1.54) is 22.7 Å². The van der Waals surface area contributed by atoms with Gasteiger partial charge in [0.15, 0.2) is 0 Å². The molecule has 0 bridgehead atoms. The molecule has 0 aliphatic rings. The molecule has 0 saturated carbocycles. The number of amides is 1. The van der Waals surface area contributed by atoms with Crippen molar-refractivity contribution in [2.45, 2.75) is 0 Å². The maximum atomic E-state index is 12.3. The Kier molecular flexibility index (Phi) is 3.97. The summed E-state index contributed by atoms with van der Waals surface area (Å²) in [6.07, 6.45) is 2.66. The lowest BCUT2D eigenvalue weighted by Crippen LogP contribution is -2.26. The van der Waals surface area contributed by atoms with E-state index < -0.39 is 16.4 Å². The molecule has 1 aromatic carbocycles. The molecule has 0 aliphatic carbocycles. The van der Waals surface area contributed by atoms with Crippen molar-refractivity contribution in [2.24, 2.45) is 0 Å². The highest BCUT2D eigenvalue weighted by molar-refractivity contribution is 6.32. The van der Waals surface area contributed by atoms with Crippen molar-refractivity contribution in [3.8, 4) is 0 Å². The summed E-state index contributed by atoms with van der Waals surface area (Å²) in [6, 6.07) is 8.80. The monoisotopic (exact) mass is 344 g/mol. The van der Waals surface area contributed by atoms with Gasteiger partial charge in [-0.2, -0.15) is 0 Å². The molecule has 0 atom stereocenters. The van der Waals surface area contributed by atoms with Crippen LogP contribution >= 0.6 is 11.6 Å². The fraction of sp³-hybridized carbons (Fsp3) is 0. The Balaban J connectivity index is 1.96. The highest BCUT2D eigenvalue weighted by atomic mass is 35.5. The van der Waals surface area contributed by atoms with Crippen LogP contribution < -0.4 is 10.9 Å². The van der Waals surface area contributed by atoms with Crippen molar-refractivity contribution in [1.29, 1.82) is 0 Å². The number of rotatable bonds is 3. The fourth-order valence-electron chi connectivity index (χ4n) is 2.11. The number of carbonyl (C=O) groups is 1. The number of hydrogen-bond acceptors (Lipinski definition) is 5. The number of benzene rings is 1. The fourth-order valence-corrected chi connectivity index (χ4v) is 2.30. The van der Waals surface area contributed by atoms with Crippen LogP contribution in [0.5, 0.6) is 0 Å². The number of halogens is 1. The Morgan fingerprint density at radius 2 is 2.08 bits per heavy atom. The summed E-state index contributed by atoms with van der Waals surface area (Å²) < 4.78 is 1.24. The number of nitro groups is 1. The van der Waals surface area contributed by atoms with Gasteiger partial charge in [0.2, 0.25) is 0 Å². The van der Waals surface area contributed by atoms with Crippen molar-refractivity contribution in [1.82, 2.24) is 9.38 Å². The molecule has 0 radical (unpaired) electrons. The van der Waals surface area contributed by atoms with Crippen LogP contribution in [-0.4, -0.2) is 20.2 Å². The first kappa shape index (κ1) is 15.6. The minimum atomic E-state index is -0.720. The van der Waals surface area contributed by atoms with E-state index in [9.17, 15) is 19.7 Å². The largest absolute Gasteiger partial charge is 0.322 e. The average molecular weight is 345 g/mol. The summed E-state index contributed by atoms with van der Waals surface area (Å²) in [4.78, 5) is 38.9. The van der Waals surface area contributed by atoms with Crippen LogP contribution in [0.25, 0.3) is 5.65 Å². The maximum absolute atomic E-state index is 12.3. The van der Waals surface area contributed by atoms with E-state index in [1.54, 1.807) is 18.2 Å². The summed E-state index contributed by atoms with van der Waals surface area (Å²) in [7, 11) is 0. The van der Waals surface area contributed by atoms with Gasteiger partial charge >= 0.3 is 0 Å². The first-order valence-electron chi connectivity index (χ1n) is 6.69. The highest BCUT2D eigenvalue weighted by Gasteiger charge is 2.17. The van der Waals surface area contributed by atoms with E-state index >= 15 is 0 Å². The number of nitrogens with one attached hydrogen (secondary N) is 1. The van der Waals surface area contributed by atoms with E-state index in [-0.39, 0.29) is 22.0 Å². The minimum absolute atomic E-state index is 0.0505. The van der Waals surface area contributed by atoms with Crippen LogP contribution in [0.2, 0.25) is 5.02 Å². The molecule has 24 heavy (non-hydrogen) atoms. The van der Waals surface area contributed by atoms with Gasteiger partial charge in [-0.3, -0.25) is 24.1 Å². The predicted molar refractivity (Wildman–Crippen MR) is 87.5 cm³/mol. The molecule has 2 aromatic heterocycles. The summed E-state index contributed by atoms with van der Waals surface area (Å²) >= 11 is 5.72. The summed E-state index contributed by atoms with van der Waals surface area (Å²) in [5.74, 6) is -0.720. The SMILES string of the molecule is O=C(Nc1ccc(Cl)c([N+](=O)[O-])c1)c1cnc2ccccn2c1=O. The predicted octanol–water partition coefficient (Wildman–Crippen LogP) is 2.51. The molecule has 3 aromatic rings. The van der Waals surface area contributed by atoms with E-state index in [2.05, 4.69) is 10.3 Å². The van der Waals surface area contributed by atoms with Crippen LogP contribution in [0.3, 0.4) is 0 Å². The molecule has 120 valence electrons. The molecule has 0 aliphatic heterocycles. The number of pyridine rings is 1. The van der Waals surface area contributed by atoms with Crippen molar-refractivity contribution in [2.75, 3.05) is 5.32 Å². The number of carbonyl (C=O) groups excluding carboxylic acids is 1. The molecular weight excluding hydrogens is 336 g/mol. The van der Waals surface area contributed by atoms with Gasteiger partial charge in [0.05, 0.1) is 4.92 Å². The molecule has 0 spiro atoms. The van der Waals surface area contributed by atoms with Crippen LogP contribution in [0.4, 0.5) is 11.4 Å². The van der Waals surface area contributed by atoms with E-state index in [0.29, 0.717) is 5.65 Å². The maximum Gasteiger partial charge on any atom is 0.289 e. The van der Waals surface area contributed by atoms with Crippen molar-refractivity contribution in [3.63, 3.8) is 0 Å². The second-order valence-electron chi connectivity index (χ2n) is 4.78. The zero-order valence-corrected chi connectivity index (χ0v) is 12.7. The number of anilines is 1. The molecule has 2 heterocycles. The standard InChI is InChI=1S/C15H9ClN4O4/c16-11-5-4-9(7-12(11)20(23)24)18-14(21)10-8-17-13-3-1-2-6-19(13)15(10)22/h1-8H,(H,18,21). The molecule has 0 saturated heterocycles. The lowest BCUT2D eigenvalue weighted by Gasteiger charge is -2.06. The van der Waals surface area contributed by atoms with E-state index in [0.717, 1.165) is 12.3 Å². The van der Waals surface area contributed by atoms with Crippen LogP contribution in [0.1, 0.15) is 10.4 Å². The van der Waals surface area contributed by atoms with Gasteiger partial charge in [-0.15, -0.1) is 0 Å². The van der Waals surface area contributed by atoms with Crippen molar-refractivity contribution < 1.29 is 9.72 Å². The number of nitro benzene ring substituents is 1. The number of fused-ring (bicyclic) bond motifs is 1. The molecule has 8 nitrogen and oxygen atoms in total. The highest BCUT2D eigenvalue weighted by Crippen LogP contribution is 2.27.